The number of imidazole rings is 1. The zero-order chi connectivity index (χ0) is 33.3. The van der Waals surface area contributed by atoms with Crippen LogP contribution < -0.4 is 5.32 Å². The molecular weight excluding hydrogens is 751 g/mol. The summed E-state index contributed by atoms with van der Waals surface area (Å²) in [5, 5.41) is 24.1. The highest BCUT2D eigenvalue weighted by Crippen LogP contribution is 2.79. The molecule has 0 spiro atoms. The fraction of sp³-hybridized carbons (Fsp3) is 0.706. The van der Waals surface area contributed by atoms with Gasteiger partial charge >= 0.3 is 33.0 Å². The fourth-order valence-corrected chi connectivity index (χ4v) is 8.81. The van der Waals surface area contributed by atoms with Gasteiger partial charge in [-0.2, -0.15) is 24.9 Å². The van der Waals surface area contributed by atoms with Crippen molar-refractivity contribution >= 4 is 86.7 Å². The van der Waals surface area contributed by atoms with E-state index in [1.54, 1.807) is 0 Å². The van der Waals surface area contributed by atoms with E-state index >= 15 is 0 Å². The summed E-state index contributed by atoms with van der Waals surface area (Å²) in [4.78, 5) is 50.4. The van der Waals surface area contributed by atoms with Gasteiger partial charge in [0.2, 0.25) is 0 Å². The minimum absolute atomic E-state index is 0.0191. The predicted octanol–water partition coefficient (Wildman–Crippen LogP) is 2.85. The molecule has 2 aromatic heterocycles. The zero-order valence-corrected chi connectivity index (χ0v) is 27.7. The Hall–Kier alpha value is -0.250. The Bertz CT molecular complexity index is 1470. The minimum Gasteiger partial charge on any atom is -0.387 e. The number of phosphoric ester groups is 1. The number of hydrogen-bond donors (Lipinski definition) is 7. The molecule has 44 heavy (non-hydrogen) atoms. The van der Waals surface area contributed by atoms with E-state index in [-0.39, 0.29) is 22.1 Å². The van der Waals surface area contributed by atoms with Crippen LogP contribution in [0.2, 0.25) is 0 Å². The van der Waals surface area contributed by atoms with Crippen LogP contribution in [0.4, 0.5) is 19.0 Å². The molecule has 0 amide bonds. The van der Waals surface area contributed by atoms with Crippen molar-refractivity contribution in [1.29, 1.82) is 0 Å². The van der Waals surface area contributed by atoms with E-state index in [0.717, 1.165) is 10.9 Å². The molecule has 7 N–H and O–H groups in total. The molecule has 2 aromatic rings. The molecule has 252 valence electrons. The lowest BCUT2D eigenvalue weighted by Crippen LogP contribution is -2.33. The zero-order valence-electron chi connectivity index (χ0n) is 21.9. The van der Waals surface area contributed by atoms with E-state index in [1.807, 2.05) is 6.26 Å². The Morgan fingerprint density at radius 2 is 1.77 bits per heavy atom. The first-order valence-corrected chi connectivity index (χ1v) is 19.6. The number of phosphoric acid groups is 1. The number of hydrogen-bond acceptors (Lipinski definition) is 14. The maximum atomic E-state index is 12.7. The molecule has 1 fully saturated rings. The smallest absolute Gasteiger partial charge is 0.387 e. The van der Waals surface area contributed by atoms with Gasteiger partial charge in [-0.3, -0.25) is 18.2 Å². The second-order valence-corrected chi connectivity index (χ2v) is 18.9. The molecule has 3 rings (SSSR count). The van der Waals surface area contributed by atoms with E-state index in [2.05, 4.69) is 29.1 Å². The van der Waals surface area contributed by atoms with Gasteiger partial charge in [0.15, 0.2) is 28.4 Å². The topological polar surface area (TPSA) is 256 Å². The predicted molar refractivity (Wildman–Crippen MR) is 153 cm³/mol. The van der Waals surface area contributed by atoms with Gasteiger partial charge < -0.3 is 39.8 Å². The van der Waals surface area contributed by atoms with Crippen molar-refractivity contribution in [2.75, 3.05) is 36.2 Å². The molecule has 0 saturated carbocycles. The van der Waals surface area contributed by atoms with Gasteiger partial charge in [-0.05, 0) is 6.26 Å². The summed E-state index contributed by atoms with van der Waals surface area (Å²) >= 11 is 12.6. The highest BCUT2D eigenvalue weighted by atomic mass is 35.5. The summed E-state index contributed by atoms with van der Waals surface area (Å²) < 4.78 is 85.1. The lowest BCUT2D eigenvalue weighted by atomic mass is 10.1. The Morgan fingerprint density at radius 1 is 1.11 bits per heavy atom. The highest BCUT2D eigenvalue weighted by Gasteiger charge is 2.62. The number of aliphatic hydroxyl groups excluding tert-OH is 2. The van der Waals surface area contributed by atoms with Crippen molar-refractivity contribution in [2.45, 2.75) is 46.1 Å². The summed E-state index contributed by atoms with van der Waals surface area (Å²) in [5.74, 6) is 0.407. The number of rotatable bonds is 15. The molecule has 3 unspecified atom stereocenters. The number of aliphatic hydroxyl groups is 2. The second-order valence-electron chi connectivity index (χ2n) is 8.78. The summed E-state index contributed by atoms with van der Waals surface area (Å²) in [6.07, 6.45) is -9.29. The molecule has 1 aliphatic rings. The minimum atomic E-state index is -5.97. The number of ether oxygens (including phenoxy) is 1. The van der Waals surface area contributed by atoms with Gasteiger partial charge in [0.25, 0.3) is 0 Å². The third kappa shape index (κ3) is 9.21. The first kappa shape index (κ1) is 38.2. The number of fused-ring (bicyclic) bond motifs is 1. The summed E-state index contributed by atoms with van der Waals surface area (Å²) in [6.45, 7) is -0.697. The van der Waals surface area contributed by atoms with E-state index in [4.69, 9.17) is 37.7 Å². The van der Waals surface area contributed by atoms with Gasteiger partial charge in [-0.15, -0.1) is 0 Å². The Kier molecular flexibility index (Phi) is 12.6. The first-order valence-electron chi connectivity index (χ1n) is 11.7. The van der Waals surface area contributed by atoms with Crippen LogP contribution in [0, 0.1) is 0 Å². The molecule has 17 nitrogen and oxygen atoms in total. The molecule has 1 saturated heterocycles. The van der Waals surface area contributed by atoms with Gasteiger partial charge in [-0.25, -0.2) is 23.8 Å². The molecule has 0 aromatic carbocycles. The number of aromatic nitrogens is 4. The second kappa shape index (κ2) is 14.5. The maximum absolute atomic E-state index is 12.7. The standard InChI is InChI=1S/C17H25Cl2F3N5O12P3S2/c1-43-5-3-23-12-9-13(26-15(25-12)44-4-2-16(20,21)22)27(7-24-9)14-11(29)10(28)8(38-14)6-37-42(35,36)39-41(33,34)17(18,19)40(30,31)32/h7-8,10-11,14,28-29H,2-6H2,1H3,(H,33,34)(H,35,36)(H,23,25,26)(H2,30,31,32)/t8-,10?,11+,14-/m1/s1. The number of thioether (sulfide) groups is 2. The van der Waals surface area contributed by atoms with Crippen LogP contribution in [0.1, 0.15) is 12.6 Å². The van der Waals surface area contributed by atoms with E-state index < -0.39 is 76.3 Å². The lowest BCUT2D eigenvalue weighted by Gasteiger charge is -2.26. The van der Waals surface area contributed by atoms with Crippen molar-refractivity contribution in [3.63, 3.8) is 0 Å². The summed E-state index contributed by atoms with van der Waals surface area (Å²) in [7, 11) is -17.4. The van der Waals surface area contributed by atoms with Crippen LogP contribution in [0.25, 0.3) is 11.2 Å². The maximum Gasteiger partial charge on any atom is 0.479 e. The van der Waals surface area contributed by atoms with E-state index in [0.29, 0.717) is 24.1 Å². The Morgan fingerprint density at radius 3 is 2.36 bits per heavy atom. The number of anilines is 1. The SMILES string of the molecule is CSCCNc1nc(SCCC(F)(F)F)nc2c1ncn2[C@@H]1O[C@H](COP(=O)(O)OP(=O)(O)C(Cl)(Cl)P(=O)(O)O)C(O)[C@@H]1O. The first-order chi connectivity index (χ1) is 20.1. The van der Waals surface area contributed by atoms with E-state index in [1.165, 1.54) is 11.8 Å². The van der Waals surface area contributed by atoms with Crippen LogP contribution in [0.15, 0.2) is 11.5 Å². The normalized spacial score (nSPS) is 24.4. The van der Waals surface area contributed by atoms with Crippen molar-refractivity contribution in [3.8, 4) is 0 Å². The molecule has 3 heterocycles. The average molecular weight is 776 g/mol. The molecule has 6 atom stereocenters. The third-order valence-corrected chi connectivity index (χ3v) is 14.7. The van der Waals surface area contributed by atoms with Gasteiger partial charge in [0.05, 0.1) is 19.4 Å². The van der Waals surface area contributed by atoms with Crippen LogP contribution >= 0.6 is 69.7 Å². The van der Waals surface area contributed by atoms with Crippen molar-refractivity contribution in [1.82, 2.24) is 19.5 Å². The molecule has 0 radical (unpaired) electrons. The molecule has 0 bridgehead atoms. The molecule has 0 aliphatic carbocycles. The average Bonchev–Trinajstić information content (AvgIpc) is 3.41. The number of nitrogens with one attached hydrogen (secondary N) is 1. The van der Waals surface area contributed by atoms with Gasteiger partial charge in [0.1, 0.15) is 18.3 Å². The fourth-order valence-electron chi connectivity index (χ4n) is 3.44. The van der Waals surface area contributed by atoms with Crippen molar-refractivity contribution < 1.29 is 70.2 Å². The lowest BCUT2D eigenvalue weighted by molar-refractivity contribution is -0.129. The number of alkyl halides is 5. The van der Waals surface area contributed by atoms with Gasteiger partial charge in [0, 0.05) is 18.1 Å². The largest absolute Gasteiger partial charge is 0.479 e. The highest BCUT2D eigenvalue weighted by molar-refractivity contribution is 7.99. The quantitative estimate of drug-likeness (QED) is 0.0451. The van der Waals surface area contributed by atoms with Crippen molar-refractivity contribution in [3.05, 3.63) is 6.33 Å². The summed E-state index contributed by atoms with van der Waals surface area (Å²) in [5.41, 5.74) is 0.119. The third-order valence-electron chi connectivity index (χ3n) is 5.53. The summed E-state index contributed by atoms with van der Waals surface area (Å²) in [6, 6.07) is 0. The monoisotopic (exact) mass is 775 g/mol. The van der Waals surface area contributed by atoms with Crippen molar-refractivity contribution in [2.24, 2.45) is 0 Å². The number of halogens is 5. The molecular formula is C17H25Cl2F3N5O12P3S2. The number of nitrogens with zero attached hydrogens (tertiary/aromatic N) is 4. The van der Waals surface area contributed by atoms with Gasteiger partial charge in [-0.1, -0.05) is 35.0 Å². The van der Waals surface area contributed by atoms with Crippen LogP contribution in [0.3, 0.4) is 0 Å². The Labute approximate surface area is 264 Å². The molecule has 27 heteroatoms. The van der Waals surface area contributed by atoms with Crippen LogP contribution in [-0.4, -0.2) is 109 Å². The molecule has 1 aliphatic heterocycles. The van der Waals surface area contributed by atoms with Crippen LogP contribution in [0.5, 0.6) is 0 Å². The Balaban J connectivity index is 1.82. The van der Waals surface area contributed by atoms with E-state index in [9.17, 15) is 46.9 Å². The van der Waals surface area contributed by atoms with Crippen LogP contribution in [-0.2, 0) is 27.3 Å².